The van der Waals surface area contributed by atoms with Gasteiger partial charge in [0, 0.05) is 16.6 Å². The van der Waals surface area contributed by atoms with Gasteiger partial charge in [-0.1, -0.05) is 30.3 Å². The van der Waals surface area contributed by atoms with Crippen LogP contribution in [0.15, 0.2) is 47.9 Å². The van der Waals surface area contributed by atoms with Crippen LogP contribution in [0.25, 0.3) is 10.8 Å². The Morgan fingerprint density at radius 3 is 2.77 bits per heavy atom. The highest BCUT2D eigenvalue weighted by Gasteiger charge is 2.35. The molecule has 0 saturated carbocycles. The average Bonchev–Trinajstić information content (AvgIpc) is 3.01. The van der Waals surface area contributed by atoms with E-state index in [-0.39, 0.29) is 11.8 Å². The predicted octanol–water partition coefficient (Wildman–Crippen LogP) is 3.49. The number of H-pyrrole nitrogens is 1. The molecule has 2 heterocycles. The number of ether oxygens (including phenoxy) is 2. The van der Waals surface area contributed by atoms with Gasteiger partial charge in [0.1, 0.15) is 17.4 Å². The fourth-order valence-corrected chi connectivity index (χ4v) is 3.54. The molecule has 3 N–H and O–H groups in total. The lowest BCUT2D eigenvalue weighted by atomic mass is 9.82. The molecule has 26 heavy (non-hydrogen) atoms. The van der Waals surface area contributed by atoms with Crippen molar-refractivity contribution >= 4 is 10.8 Å². The molecule has 1 aliphatic rings. The van der Waals surface area contributed by atoms with Crippen molar-refractivity contribution in [2.75, 3.05) is 6.61 Å². The molecule has 4 rings (SSSR count). The highest BCUT2D eigenvalue weighted by molar-refractivity contribution is 5.92. The van der Waals surface area contributed by atoms with Crippen LogP contribution in [-0.4, -0.2) is 16.8 Å². The normalized spacial score (nSPS) is 16.1. The first kappa shape index (κ1) is 16.0. The maximum Gasteiger partial charge on any atom is 0.244 e. The molecule has 0 saturated heterocycles. The van der Waals surface area contributed by atoms with E-state index in [1.54, 1.807) is 0 Å². The van der Waals surface area contributed by atoms with Crippen molar-refractivity contribution in [2.24, 2.45) is 5.73 Å². The van der Waals surface area contributed by atoms with Gasteiger partial charge in [-0.05, 0) is 30.9 Å². The highest BCUT2D eigenvalue weighted by Crippen LogP contribution is 2.45. The lowest BCUT2D eigenvalue weighted by Gasteiger charge is -2.25. The number of nitrogens with two attached hydrogens (primary N) is 1. The van der Waals surface area contributed by atoms with E-state index in [4.69, 9.17) is 15.2 Å². The molecule has 3 aromatic rings. The minimum atomic E-state index is -0.344. The molecule has 130 valence electrons. The Labute approximate surface area is 150 Å². The molecule has 1 aliphatic heterocycles. The predicted molar refractivity (Wildman–Crippen MR) is 97.7 cm³/mol. The first-order chi connectivity index (χ1) is 12.7. The second-order valence-electron chi connectivity index (χ2n) is 6.12. The summed E-state index contributed by atoms with van der Waals surface area (Å²) in [6.07, 6.45) is 0. The zero-order valence-corrected chi connectivity index (χ0v) is 14.5. The lowest BCUT2D eigenvalue weighted by molar-refractivity contribution is 0.344. The van der Waals surface area contributed by atoms with Gasteiger partial charge < -0.3 is 15.2 Å². The summed E-state index contributed by atoms with van der Waals surface area (Å²) in [4.78, 5) is 0. The number of nitrogens with zero attached hydrogens (tertiary/aromatic N) is 2. The fourth-order valence-electron chi connectivity index (χ4n) is 3.54. The Bertz CT molecular complexity index is 1080. The number of nitriles is 1. The lowest BCUT2D eigenvalue weighted by Crippen LogP contribution is -2.21. The van der Waals surface area contributed by atoms with Gasteiger partial charge in [0.05, 0.1) is 12.5 Å². The van der Waals surface area contributed by atoms with Crippen LogP contribution in [0, 0.1) is 18.3 Å². The van der Waals surface area contributed by atoms with Crippen LogP contribution in [0.4, 0.5) is 0 Å². The summed E-state index contributed by atoms with van der Waals surface area (Å²) in [5.74, 6) is 0.984. The number of aromatic nitrogens is 2. The molecular formula is C20H18N4O2. The average molecular weight is 346 g/mol. The van der Waals surface area contributed by atoms with Gasteiger partial charge in [0.2, 0.25) is 11.8 Å². The van der Waals surface area contributed by atoms with Gasteiger partial charge in [-0.25, -0.2) is 0 Å². The van der Waals surface area contributed by atoms with E-state index in [0.717, 1.165) is 33.3 Å². The van der Waals surface area contributed by atoms with Crippen molar-refractivity contribution in [1.82, 2.24) is 10.2 Å². The van der Waals surface area contributed by atoms with Crippen LogP contribution in [0.1, 0.15) is 29.7 Å². The quantitative estimate of drug-likeness (QED) is 0.756. The number of allylic oxidation sites excluding steroid dienone is 1. The van der Waals surface area contributed by atoms with Crippen LogP contribution in [0.5, 0.6) is 11.6 Å². The maximum absolute atomic E-state index is 9.73. The zero-order chi connectivity index (χ0) is 18.3. The van der Waals surface area contributed by atoms with Gasteiger partial charge in [0.25, 0.3) is 0 Å². The molecule has 0 amide bonds. The molecular weight excluding hydrogens is 328 g/mol. The summed E-state index contributed by atoms with van der Waals surface area (Å²) < 4.78 is 11.3. The molecule has 1 unspecified atom stereocenters. The third kappa shape index (κ3) is 2.29. The van der Waals surface area contributed by atoms with Crippen molar-refractivity contribution in [1.29, 1.82) is 5.26 Å². The van der Waals surface area contributed by atoms with E-state index in [1.807, 2.05) is 50.2 Å². The molecule has 0 bridgehead atoms. The molecule has 1 aromatic heterocycles. The monoisotopic (exact) mass is 346 g/mol. The van der Waals surface area contributed by atoms with E-state index >= 15 is 0 Å². The van der Waals surface area contributed by atoms with E-state index in [9.17, 15) is 5.26 Å². The first-order valence-electron chi connectivity index (χ1n) is 8.42. The number of aryl methyl sites for hydroxylation is 1. The number of aromatic amines is 1. The summed E-state index contributed by atoms with van der Waals surface area (Å²) in [5.41, 5.74) is 9.06. The van der Waals surface area contributed by atoms with Crippen LogP contribution < -0.4 is 15.2 Å². The van der Waals surface area contributed by atoms with E-state index in [2.05, 4.69) is 16.3 Å². The SMILES string of the molecule is CCOc1ccc(C2C(C#N)=C(N)Oc3n[nH]c(C)c32)c2ccccc12. The van der Waals surface area contributed by atoms with E-state index in [0.29, 0.717) is 18.1 Å². The van der Waals surface area contributed by atoms with Crippen molar-refractivity contribution in [2.45, 2.75) is 19.8 Å². The third-order valence-corrected chi connectivity index (χ3v) is 4.66. The molecule has 0 radical (unpaired) electrons. The standard InChI is InChI=1S/C20H18N4O2/c1-3-25-16-9-8-14(12-6-4-5-7-13(12)16)18-15(10-21)19(22)26-20-17(18)11(2)23-24-20/h4-9,18H,3,22H2,1-2H3,(H,23,24). The van der Waals surface area contributed by atoms with E-state index in [1.165, 1.54) is 0 Å². The highest BCUT2D eigenvalue weighted by atomic mass is 16.5. The van der Waals surface area contributed by atoms with Crippen molar-refractivity contribution in [3.05, 3.63) is 64.7 Å². The van der Waals surface area contributed by atoms with Gasteiger partial charge in [0.15, 0.2) is 0 Å². The Morgan fingerprint density at radius 2 is 2.04 bits per heavy atom. The van der Waals surface area contributed by atoms with Crippen LogP contribution in [0.3, 0.4) is 0 Å². The van der Waals surface area contributed by atoms with Gasteiger partial charge >= 0.3 is 0 Å². The first-order valence-corrected chi connectivity index (χ1v) is 8.42. The minimum Gasteiger partial charge on any atom is -0.493 e. The summed E-state index contributed by atoms with van der Waals surface area (Å²) in [6, 6.07) is 14.2. The van der Waals surface area contributed by atoms with Crippen molar-refractivity contribution < 1.29 is 9.47 Å². The number of hydrogen-bond donors (Lipinski definition) is 2. The molecule has 6 heteroatoms. The van der Waals surface area contributed by atoms with Gasteiger partial charge in [-0.2, -0.15) is 5.26 Å². The molecule has 0 fully saturated rings. The number of hydrogen-bond acceptors (Lipinski definition) is 5. The Balaban J connectivity index is 2.02. The smallest absolute Gasteiger partial charge is 0.244 e. The van der Waals surface area contributed by atoms with Crippen LogP contribution in [0.2, 0.25) is 0 Å². The minimum absolute atomic E-state index is 0.0921. The van der Waals surface area contributed by atoms with Crippen molar-refractivity contribution in [3.8, 4) is 17.7 Å². The van der Waals surface area contributed by atoms with Crippen molar-refractivity contribution in [3.63, 3.8) is 0 Å². The zero-order valence-electron chi connectivity index (χ0n) is 14.5. The second-order valence-corrected chi connectivity index (χ2v) is 6.12. The molecule has 1 atom stereocenters. The number of nitrogens with one attached hydrogen (secondary N) is 1. The fraction of sp³-hybridized carbons (Fsp3) is 0.200. The Hall–Kier alpha value is -3.46. The molecule has 0 aliphatic carbocycles. The molecule has 0 spiro atoms. The largest absolute Gasteiger partial charge is 0.493 e. The summed E-state index contributed by atoms with van der Waals surface area (Å²) in [6.45, 7) is 4.46. The summed E-state index contributed by atoms with van der Waals surface area (Å²) in [5, 5.41) is 18.9. The second kappa shape index (κ2) is 6.12. The third-order valence-electron chi connectivity index (χ3n) is 4.66. The van der Waals surface area contributed by atoms with Crippen LogP contribution >= 0.6 is 0 Å². The van der Waals surface area contributed by atoms with E-state index < -0.39 is 0 Å². The van der Waals surface area contributed by atoms with Gasteiger partial charge in [-0.3, -0.25) is 5.10 Å². The van der Waals surface area contributed by atoms with Gasteiger partial charge in [-0.15, -0.1) is 5.10 Å². The summed E-state index contributed by atoms with van der Waals surface area (Å²) in [7, 11) is 0. The number of benzene rings is 2. The van der Waals surface area contributed by atoms with Crippen LogP contribution in [-0.2, 0) is 0 Å². The molecule has 2 aromatic carbocycles. The number of fused-ring (bicyclic) bond motifs is 2. The Morgan fingerprint density at radius 1 is 1.27 bits per heavy atom. The topological polar surface area (TPSA) is 96.9 Å². The Kier molecular flexibility index (Phi) is 3.77. The maximum atomic E-state index is 9.73. The summed E-state index contributed by atoms with van der Waals surface area (Å²) >= 11 is 0. The molecule has 6 nitrogen and oxygen atoms in total. The number of rotatable bonds is 3.